The minimum Gasteiger partial charge on any atom is -0.507 e. The fourth-order valence-electron chi connectivity index (χ4n) is 1.99. The van der Waals surface area contributed by atoms with Crippen LogP contribution >= 0.6 is 0 Å². The zero-order valence-electron chi connectivity index (χ0n) is 12.5. The second-order valence-electron chi connectivity index (χ2n) is 5.00. The number of carbonyl (C=O) groups excluding carboxylic acids is 1. The number of carbonyl (C=O) groups is 2. The summed E-state index contributed by atoms with van der Waals surface area (Å²) in [6.07, 6.45) is 0. The Bertz CT molecular complexity index is 935. The van der Waals surface area contributed by atoms with Gasteiger partial charge in [0.1, 0.15) is 16.4 Å². The molecule has 1 amide bonds. The molecule has 9 nitrogen and oxygen atoms in total. The smallest absolute Gasteiger partial charge is 0.335 e. The van der Waals surface area contributed by atoms with Crippen LogP contribution in [-0.2, 0) is 16.7 Å². The van der Waals surface area contributed by atoms with E-state index in [9.17, 15) is 28.2 Å². The third kappa shape index (κ3) is 4.25. The Balaban J connectivity index is 2.16. The average molecular weight is 367 g/mol. The maximum absolute atomic E-state index is 12.0. The van der Waals surface area contributed by atoms with Gasteiger partial charge in [-0.3, -0.25) is 9.35 Å². The van der Waals surface area contributed by atoms with Crippen LogP contribution in [0.3, 0.4) is 0 Å². The van der Waals surface area contributed by atoms with E-state index in [1.54, 1.807) is 0 Å². The first-order chi connectivity index (χ1) is 11.6. The molecule has 0 spiro atoms. The van der Waals surface area contributed by atoms with E-state index in [1.165, 1.54) is 24.3 Å². The highest BCUT2D eigenvalue weighted by Crippen LogP contribution is 2.30. The highest BCUT2D eigenvalue weighted by atomic mass is 32.2. The molecule has 2 aromatic carbocycles. The van der Waals surface area contributed by atoms with Crippen molar-refractivity contribution in [1.29, 1.82) is 0 Å². The monoisotopic (exact) mass is 367 g/mol. The Morgan fingerprint density at radius 2 is 1.60 bits per heavy atom. The quantitative estimate of drug-likeness (QED) is 0.386. The molecule has 0 aromatic heterocycles. The van der Waals surface area contributed by atoms with Crippen LogP contribution in [0, 0.1) is 0 Å². The van der Waals surface area contributed by atoms with Gasteiger partial charge in [-0.25, -0.2) is 4.79 Å². The third-order valence-electron chi connectivity index (χ3n) is 3.25. The molecule has 0 heterocycles. The van der Waals surface area contributed by atoms with Crippen LogP contribution in [0.4, 0.5) is 0 Å². The van der Waals surface area contributed by atoms with Gasteiger partial charge in [0.25, 0.3) is 16.0 Å². The van der Waals surface area contributed by atoms with Crippen LogP contribution in [0.5, 0.6) is 11.5 Å². The number of rotatable bonds is 5. The summed E-state index contributed by atoms with van der Waals surface area (Å²) in [5.74, 6) is -3.53. The fourth-order valence-corrected chi connectivity index (χ4v) is 2.57. The van der Waals surface area contributed by atoms with E-state index in [0.717, 1.165) is 0 Å². The maximum atomic E-state index is 12.0. The predicted molar refractivity (Wildman–Crippen MR) is 84.2 cm³/mol. The van der Waals surface area contributed by atoms with Gasteiger partial charge in [-0.05, 0) is 23.8 Å². The number of aromatic hydroxyl groups is 2. The number of carboxylic acids is 1. The van der Waals surface area contributed by atoms with Crippen molar-refractivity contribution in [3.8, 4) is 11.5 Å². The number of benzene rings is 2. The van der Waals surface area contributed by atoms with Gasteiger partial charge in [-0.15, -0.1) is 0 Å². The number of hydrogen-bond acceptors (Lipinski definition) is 6. The van der Waals surface area contributed by atoms with Crippen molar-refractivity contribution in [3.63, 3.8) is 0 Å². The molecule has 10 heteroatoms. The standard InChI is InChI=1S/C15H13NO8S/c17-11-6-13(25(22,23)24)12(18)5-10(11)14(19)16-7-8-1-3-9(4-2-8)15(20)21/h1-6,17-18H,7H2,(H,16,19)(H,20,21)(H,22,23,24). The first-order valence-corrected chi connectivity index (χ1v) is 8.17. The topological polar surface area (TPSA) is 161 Å². The molecule has 0 bridgehead atoms. The minimum absolute atomic E-state index is 0.00101. The summed E-state index contributed by atoms with van der Waals surface area (Å²) in [5.41, 5.74) is 0.266. The van der Waals surface area contributed by atoms with Crippen molar-refractivity contribution in [3.05, 3.63) is 53.1 Å². The van der Waals surface area contributed by atoms with Crippen LogP contribution in [0.15, 0.2) is 41.3 Å². The molecule has 2 aromatic rings. The number of phenols is 2. The highest BCUT2D eigenvalue weighted by Gasteiger charge is 2.21. The van der Waals surface area contributed by atoms with Gasteiger partial charge in [0, 0.05) is 12.6 Å². The molecular weight excluding hydrogens is 354 g/mol. The van der Waals surface area contributed by atoms with Crippen molar-refractivity contribution in [1.82, 2.24) is 5.32 Å². The lowest BCUT2D eigenvalue weighted by molar-refractivity contribution is 0.0696. The fraction of sp³-hybridized carbons (Fsp3) is 0.0667. The molecule has 0 aliphatic heterocycles. The molecule has 0 atom stereocenters. The second-order valence-corrected chi connectivity index (χ2v) is 6.39. The largest absolute Gasteiger partial charge is 0.507 e. The third-order valence-corrected chi connectivity index (χ3v) is 4.14. The number of aromatic carboxylic acids is 1. The molecule has 0 aliphatic rings. The Morgan fingerprint density at radius 1 is 1.00 bits per heavy atom. The van der Waals surface area contributed by atoms with E-state index in [0.29, 0.717) is 17.7 Å². The summed E-state index contributed by atoms with van der Waals surface area (Å²) < 4.78 is 30.9. The van der Waals surface area contributed by atoms with Crippen molar-refractivity contribution < 1.29 is 37.9 Å². The molecule has 0 saturated heterocycles. The first-order valence-electron chi connectivity index (χ1n) is 6.73. The van der Waals surface area contributed by atoms with E-state index in [2.05, 4.69) is 5.32 Å². The van der Waals surface area contributed by atoms with Crippen molar-refractivity contribution >= 4 is 22.0 Å². The molecule has 2 rings (SSSR count). The number of amides is 1. The van der Waals surface area contributed by atoms with Gasteiger partial charge in [-0.1, -0.05) is 12.1 Å². The van der Waals surface area contributed by atoms with E-state index in [4.69, 9.17) is 9.66 Å². The van der Waals surface area contributed by atoms with Crippen LogP contribution in [0.25, 0.3) is 0 Å². The van der Waals surface area contributed by atoms with Gasteiger partial charge in [-0.2, -0.15) is 8.42 Å². The Hall–Kier alpha value is -3.11. The molecule has 0 radical (unpaired) electrons. The predicted octanol–water partition coefficient (Wildman–Crippen LogP) is 0.973. The van der Waals surface area contributed by atoms with Crippen LogP contribution in [0.1, 0.15) is 26.3 Å². The van der Waals surface area contributed by atoms with Crippen molar-refractivity contribution in [2.75, 3.05) is 0 Å². The molecule has 0 fully saturated rings. The van der Waals surface area contributed by atoms with Gasteiger partial charge < -0.3 is 20.6 Å². The molecule has 25 heavy (non-hydrogen) atoms. The number of hydrogen-bond donors (Lipinski definition) is 5. The molecular formula is C15H13NO8S. The van der Waals surface area contributed by atoms with E-state index in [-0.39, 0.29) is 12.1 Å². The van der Waals surface area contributed by atoms with Crippen LogP contribution in [-0.4, -0.2) is 40.2 Å². The van der Waals surface area contributed by atoms with E-state index < -0.39 is 44.0 Å². The van der Waals surface area contributed by atoms with Crippen molar-refractivity contribution in [2.24, 2.45) is 0 Å². The summed E-state index contributed by atoms with van der Waals surface area (Å²) in [6.45, 7) is -0.00101. The van der Waals surface area contributed by atoms with Gasteiger partial charge >= 0.3 is 5.97 Å². The van der Waals surface area contributed by atoms with Crippen LogP contribution in [0.2, 0.25) is 0 Å². The lowest BCUT2D eigenvalue weighted by Crippen LogP contribution is -2.23. The molecule has 132 valence electrons. The Kier molecular flexibility index (Phi) is 4.95. The molecule has 5 N–H and O–H groups in total. The Morgan fingerprint density at radius 3 is 2.12 bits per heavy atom. The number of phenolic OH excluding ortho intramolecular Hbond substituents is 2. The summed E-state index contributed by atoms with van der Waals surface area (Å²) >= 11 is 0. The summed E-state index contributed by atoms with van der Waals surface area (Å²) in [4.78, 5) is 21.9. The minimum atomic E-state index is -4.75. The van der Waals surface area contributed by atoms with Gasteiger partial charge in [0.15, 0.2) is 0 Å². The van der Waals surface area contributed by atoms with Crippen LogP contribution < -0.4 is 5.32 Å². The normalized spacial score (nSPS) is 11.1. The van der Waals surface area contributed by atoms with Gasteiger partial charge in [0.05, 0.1) is 11.1 Å². The SMILES string of the molecule is O=C(O)c1ccc(CNC(=O)c2cc(O)c(S(=O)(=O)O)cc2O)cc1. The van der Waals surface area contributed by atoms with Gasteiger partial charge in [0.2, 0.25) is 0 Å². The molecule has 0 unspecified atom stereocenters. The first kappa shape index (κ1) is 18.2. The second kappa shape index (κ2) is 6.79. The lowest BCUT2D eigenvalue weighted by Gasteiger charge is -2.09. The lowest BCUT2D eigenvalue weighted by atomic mass is 10.1. The molecule has 0 saturated carbocycles. The number of carboxylic acid groups (broad SMARTS) is 1. The van der Waals surface area contributed by atoms with E-state index >= 15 is 0 Å². The van der Waals surface area contributed by atoms with E-state index in [1.807, 2.05) is 0 Å². The average Bonchev–Trinajstić information content (AvgIpc) is 2.53. The molecule has 0 aliphatic carbocycles. The number of nitrogens with one attached hydrogen (secondary N) is 1. The zero-order chi connectivity index (χ0) is 18.8. The highest BCUT2D eigenvalue weighted by molar-refractivity contribution is 7.86. The summed E-state index contributed by atoms with van der Waals surface area (Å²) in [6, 6.07) is 6.95. The zero-order valence-corrected chi connectivity index (χ0v) is 13.3. The van der Waals surface area contributed by atoms with Crippen molar-refractivity contribution in [2.45, 2.75) is 11.4 Å². The summed E-state index contributed by atoms with van der Waals surface area (Å²) in [7, 11) is -4.75. The summed E-state index contributed by atoms with van der Waals surface area (Å²) in [5, 5.41) is 30.5. The Labute approximate surface area is 141 Å². The maximum Gasteiger partial charge on any atom is 0.335 e.